The van der Waals surface area contributed by atoms with Crippen molar-refractivity contribution in [1.82, 2.24) is 15.1 Å². The molecule has 1 amide bonds. The molecule has 2 rings (SSSR count). The first-order chi connectivity index (χ1) is 11.3. The van der Waals surface area contributed by atoms with Crippen LogP contribution in [0.2, 0.25) is 0 Å². The molecule has 8 heteroatoms. The number of carboxylic acids is 1. The molecule has 2 aromatic rings. The Morgan fingerprint density at radius 1 is 1.25 bits per heavy atom. The van der Waals surface area contributed by atoms with E-state index in [9.17, 15) is 18.4 Å². The molecule has 0 bridgehead atoms. The van der Waals surface area contributed by atoms with E-state index in [1.165, 1.54) is 10.7 Å². The first-order valence-corrected chi connectivity index (χ1v) is 7.23. The van der Waals surface area contributed by atoms with Gasteiger partial charge >= 0.3 is 5.97 Å². The maximum Gasteiger partial charge on any atom is 0.326 e. The highest BCUT2D eigenvalue weighted by molar-refractivity contribution is 5.95. The molecular formula is C16H17F2N3O3. The smallest absolute Gasteiger partial charge is 0.326 e. The van der Waals surface area contributed by atoms with Gasteiger partial charge in [-0.15, -0.1) is 0 Å². The van der Waals surface area contributed by atoms with Crippen molar-refractivity contribution in [2.24, 2.45) is 0 Å². The summed E-state index contributed by atoms with van der Waals surface area (Å²) in [6.07, 6.45) is -3.79. The Hall–Kier alpha value is -2.77. The van der Waals surface area contributed by atoms with Gasteiger partial charge in [-0.2, -0.15) is 5.10 Å². The first kappa shape index (κ1) is 17.6. The van der Waals surface area contributed by atoms with E-state index in [1.807, 2.05) is 31.2 Å². The lowest BCUT2D eigenvalue weighted by atomic mass is 10.2. The van der Waals surface area contributed by atoms with Crippen molar-refractivity contribution >= 4 is 11.9 Å². The molecule has 0 aliphatic carbocycles. The predicted octanol–water partition coefficient (Wildman–Crippen LogP) is 2.33. The lowest BCUT2D eigenvalue weighted by molar-refractivity contribution is -0.140. The van der Waals surface area contributed by atoms with Gasteiger partial charge in [0.2, 0.25) is 6.43 Å². The fraction of sp³-hybridized carbons (Fsp3) is 0.312. The fourth-order valence-electron chi connectivity index (χ4n) is 2.16. The number of hydrogen-bond donors (Lipinski definition) is 2. The number of carbonyl (C=O) groups is 2. The molecule has 1 aromatic carbocycles. The number of rotatable bonds is 6. The largest absolute Gasteiger partial charge is 0.480 e. The lowest BCUT2D eigenvalue weighted by Gasteiger charge is -2.12. The number of carbonyl (C=O) groups excluding carboxylic acids is 1. The topological polar surface area (TPSA) is 84.2 Å². The first-order valence-electron chi connectivity index (χ1n) is 7.23. The highest BCUT2D eigenvalue weighted by atomic mass is 19.3. The summed E-state index contributed by atoms with van der Waals surface area (Å²) in [5.74, 6) is -2.32. The Balaban J connectivity index is 2.20. The molecule has 0 aliphatic rings. The van der Waals surface area contributed by atoms with Crippen LogP contribution in [0, 0.1) is 13.8 Å². The molecule has 24 heavy (non-hydrogen) atoms. The summed E-state index contributed by atoms with van der Waals surface area (Å²) < 4.78 is 26.3. The van der Waals surface area contributed by atoms with E-state index < -0.39 is 30.8 Å². The molecule has 1 heterocycles. The van der Waals surface area contributed by atoms with Gasteiger partial charge in [-0.05, 0) is 32.0 Å². The number of aryl methyl sites for hydroxylation is 2. The van der Waals surface area contributed by atoms with Gasteiger partial charge in [-0.1, -0.05) is 17.7 Å². The number of halogens is 2. The summed E-state index contributed by atoms with van der Waals surface area (Å²) in [7, 11) is 0. The molecule has 0 spiro atoms. The molecule has 6 nitrogen and oxygen atoms in total. The highest BCUT2D eigenvalue weighted by Crippen LogP contribution is 2.14. The van der Waals surface area contributed by atoms with Crippen molar-refractivity contribution in [2.75, 3.05) is 0 Å². The molecule has 0 fully saturated rings. The number of aliphatic carboxylic acids is 1. The summed E-state index contributed by atoms with van der Waals surface area (Å²) in [4.78, 5) is 23.1. The van der Waals surface area contributed by atoms with Crippen LogP contribution in [-0.4, -0.2) is 39.2 Å². The van der Waals surface area contributed by atoms with Gasteiger partial charge in [0.15, 0.2) is 5.69 Å². The Morgan fingerprint density at radius 2 is 1.88 bits per heavy atom. The van der Waals surface area contributed by atoms with E-state index >= 15 is 0 Å². The minimum atomic E-state index is -2.83. The number of alkyl halides is 2. The maximum atomic E-state index is 12.4. The summed E-state index contributed by atoms with van der Waals surface area (Å²) in [5, 5.41) is 15.1. The van der Waals surface area contributed by atoms with Crippen LogP contribution in [0.3, 0.4) is 0 Å². The van der Waals surface area contributed by atoms with Gasteiger partial charge in [0.1, 0.15) is 6.04 Å². The summed E-state index contributed by atoms with van der Waals surface area (Å²) in [6.45, 7) is 3.67. The third-order valence-corrected chi connectivity index (χ3v) is 3.42. The van der Waals surface area contributed by atoms with Crippen molar-refractivity contribution in [1.29, 1.82) is 0 Å². The van der Waals surface area contributed by atoms with E-state index in [1.54, 1.807) is 6.92 Å². The third kappa shape index (κ3) is 4.15. The second-order valence-corrected chi connectivity index (χ2v) is 5.41. The van der Waals surface area contributed by atoms with Crippen molar-refractivity contribution in [2.45, 2.75) is 32.7 Å². The predicted molar refractivity (Wildman–Crippen MR) is 82.5 cm³/mol. The maximum absolute atomic E-state index is 12.4. The van der Waals surface area contributed by atoms with Gasteiger partial charge in [-0.25, -0.2) is 18.3 Å². The number of hydrogen-bond acceptors (Lipinski definition) is 3. The lowest BCUT2D eigenvalue weighted by Crippen LogP contribution is -2.42. The number of aromatic nitrogens is 2. The Labute approximate surface area is 137 Å². The van der Waals surface area contributed by atoms with Crippen LogP contribution in [0.1, 0.15) is 28.2 Å². The number of carboxylic acid groups (broad SMARTS) is 1. The van der Waals surface area contributed by atoms with Gasteiger partial charge in [-0.3, -0.25) is 4.79 Å². The van der Waals surface area contributed by atoms with E-state index in [4.69, 9.17) is 5.11 Å². The van der Waals surface area contributed by atoms with Crippen LogP contribution in [0.25, 0.3) is 5.69 Å². The molecule has 1 atom stereocenters. The van der Waals surface area contributed by atoms with Crippen LogP contribution in [0.5, 0.6) is 0 Å². The van der Waals surface area contributed by atoms with E-state index in [2.05, 4.69) is 10.4 Å². The Morgan fingerprint density at radius 3 is 2.42 bits per heavy atom. The molecule has 0 radical (unpaired) electrons. The zero-order valence-electron chi connectivity index (χ0n) is 13.2. The normalized spacial score (nSPS) is 12.2. The number of amides is 1. The molecule has 1 unspecified atom stereocenters. The molecule has 0 saturated heterocycles. The van der Waals surface area contributed by atoms with Crippen LogP contribution in [0.4, 0.5) is 8.78 Å². The summed E-state index contributed by atoms with van der Waals surface area (Å²) in [5.41, 5.74) is 2.43. The van der Waals surface area contributed by atoms with Crippen LogP contribution < -0.4 is 5.32 Å². The molecule has 0 saturated carbocycles. The quantitative estimate of drug-likeness (QED) is 0.847. The highest BCUT2D eigenvalue weighted by Gasteiger charge is 2.25. The number of benzene rings is 1. The summed E-state index contributed by atoms with van der Waals surface area (Å²) >= 11 is 0. The fourth-order valence-corrected chi connectivity index (χ4v) is 2.16. The van der Waals surface area contributed by atoms with Crippen molar-refractivity contribution in [3.63, 3.8) is 0 Å². The average molecular weight is 337 g/mol. The molecular weight excluding hydrogens is 320 g/mol. The molecule has 128 valence electrons. The zero-order valence-corrected chi connectivity index (χ0v) is 13.2. The van der Waals surface area contributed by atoms with Gasteiger partial charge in [0.05, 0.1) is 5.69 Å². The average Bonchev–Trinajstić information content (AvgIpc) is 2.89. The van der Waals surface area contributed by atoms with Crippen LogP contribution in [0.15, 0.2) is 30.3 Å². The van der Waals surface area contributed by atoms with Crippen molar-refractivity contribution < 1.29 is 23.5 Å². The van der Waals surface area contributed by atoms with Crippen molar-refractivity contribution in [3.05, 3.63) is 47.3 Å². The molecule has 1 aromatic heterocycles. The Bertz CT molecular complexity index is 742. The van der Waals surface area contributed by atoms with E-state index in [0.717, 1.165) is 11.3 Å². The molecule has 0 aliphatic heterocycles. The third-order valence-electron chi connectivity index (χ3n) is 3.42. The monoisotopic (exact) mass is 337 g/mol. The minimum absolute atomic E-state index is 0.0337. The van der Waals surface area contributed by atoms with Crippen LogP contribution >= 0.6 is 0 Å². The SMILES string of the molecule is Cc1ccc(-n2nc(C(=O)NC(CC(F)F)C(=O)O)cc2C)cc1. The summed E-state index contributed by atoms with van der Waals surface area (Å²) in [6, 6.07) is 7.24. The second kappa shape index (κ2) is 7.20. The Kier molecular flexibility index (Phi) is 5.28. The number of nitrogens with zero attached hydrogens (tertiary/aromatic N) is 2. The standard InChI is InChI=1S/C16H17F2N3O3/c1-9-3-5-11(6-4-9)21-10(2)7-12(20-21)15(22)19-13(16(23)24)8-14(17)18/h3-7,13-14H,8H2,1-2H3,(H,19,22)(H,23,24). The van der Waals surface area contributed by atoms with E-state index in [0.29, 0.717) is 5.69 Å². The van der Waals surface area contributed by atoms with Gasteiger partial charge in [0.25, 0.3) is 5.91 Å². The molecule has 2 N–H and O–H groups in total. The van der Waals surface area contributed by atoms with Crippen molar-refractivity contribution in [3.8, 4) is 5.69 Å². The van der Waals surface area contributed by atoms with Gasteiger partial charge in [0, 0.05) is 12.1 Å². The second-order valence-electron chi connectivity index (χ2n) is 5.41. The number of nitrogens with one attached hydrogen (secondary N) is 1. The van der Waals surface area contributed by atoms with Crippen LogP contribution in [-0.2, 0) is 4.79 Å². The zero-order chi connectivity index (χ0) is 17.9. The minimum Gasteiger partial charge on any atom is -0.480 e. The van der Waals surface area contributed by atoms with Gasteiger partial charge < -0.3 is 10.4 Å². The van der Waals surface area contributed by atoms with E-state index in [-0.39, 0.29) is 5.69 Å².